The molecule has 1 atom stereocenters. The van der Waals surface area contributed by atoms with Crippen molar-refractivity contribution in [2.45, 2.75) is 5.60 Å². The lowest BCUT2D eigenvalue weighted by atomic mass is 9.78. The van der Waals surface area contributed by atoms with Gasteiger partial charge in [-0.1, -0.05) is 36.4 Å². The summed E-state index contributed by atoms with van der Waals surface area (Å²) >= 11 is 0. The van der Waals surface area contributed by atoms with Crippen LogP contribution in [-0.2, 0) is 5.60 Å². The zero-order valence-electron chi connectivity index (χ0n) is 16.0. The minimum absolute atomic E-state index is 0.129. The van der Waals surface area contributed by atoms with Crippen LogP contribution in [0.15, 0.2) is 66.7 Å². The molecule has 0 spiro atoms. The number of carbonyl (C=O) groups is 1. The van der Waals surface area contributed by atoms with Crippen molar-refractivity contribution in [1.29, 1.82) is 0 Å². The molecule has 0 saturated carbocycles. The van der Waals surface area contributed by atoms with Gasteiger partial charge in [-0.05, 0) is 35.9 Å². The van der Waals surface area contributed by atoms with Crippen molar-refractivity contribution in [3.05, 3.63) is 89.0 Å². The maximum atomic E-state index is 12.4. The molecule has 28 heavy (non-hydrogen) atoms. The van der Waals surface area contributed by atoms with Crippen molar-refractivity contribution in [2.75, 3.05) is 21.2 Å². The molecule has 1 N–H and O–H groups in total. The molecule has 1 aliphatic heterocycles. The molecule has 0 saturated heterocycles. The second-order valence-corrected chi connectivity index (χ2v) is 6.95. The number of para-hydroxylation sites is 1. The van der Waals surface area contributed by atoms with E-state index in [0.717, 1.165) is 0 Å². The van der Waals surface area contributed by atoms with Gasteiger partial charge in [-0.2, -0.15) is 0 Å². The third-order valence-electron chi connectivity index (χ3n) is 5.01. The molecule has 1 unspecified atom stereocenters. The number of rotatable bonds is 3. The highest BCUT2D eigenvalue weighted by molar-refractivity contribution is 5.94. The summed E-state index contributed by atoms with van der Waals surface area (Å²) in [6.07, 6.45) is 0. The van der Waals surface area contributed by atoms with Gasteiger partial charge < -0.3 is 19.5 Å². The van der Waals surface area contributed by atoms with Crippen LogP contribution in [0.4, 0.5) is 0 Å². The van der Waals surface area contributed by atoms with E-state index in [0.29, 0.717) is 39.5 Å². The average molecular weight is 375 g/mol. The van der Waals surface area contributed by atoms with Gasteiger partial charge in [0.1, 0.15) is 22.8 Å². The fourth-order valence-corrected chi connectivity index (χ4v) is 3.57. The first-order valence-electron chi connectivity index (χ1n) is 8.95. The van der Waals surface area contributed by atoms with Crippen molar-refractivity contribution in [1.82, 2.24) is 4.90 Å². The van der Waals surface area contributed by atoms with E-state index in [9.17, 15) is 9.90 Å². The lowest BCUT2D eigenvalue weighted by Crippen LogP contribution is -2.32. The second kappa shape index (κ2) is 6.69. The number of nitrogens with zero attached hydrogens (tertiary/aromatic N) is 1. The quantitative estimate of drug-likeness (QED) is 0.757. The Balaban J connectivity index is 1.95. The Labute approximate surface area is 163 Å². The number of benzene rings is 3. The molecular formula is C23H21NO4. The lowest BCUT2D eigenvalue weighted by molar-refractivity contribution is 0.0825. The van der Waals surface area contributed by atoms with Gasteiger partial charge in [0.05, 0.1) is 7.11 Å². The molecule has 5 nitrogen and oxygen atoms in total. The first-order chi connectivity index (χ1) is 13.4. The molecule has 0 aliphatic carbocycles. The third-order valence-corrected chi connectivity index (χ3v) is 5.01. The molecule has 4 rings (SSSR count). The summed E-state index contributed by atoms with van der Waals surface area (Å²) in [7, 11) is 4.99. The number of hydrogen-bond donors (Lipinski definition) is 1. The predicted octanol–water partition coefficient (Wildman–Crippen LogP) is 3.79. The van der Waals surface area contributed by atoms with E-state index in [2.05, 4.69) is 0 Å². The van der Waals surface area contributed by atoms with Crippen molar-refractivity contribution in [2.24, 2.45) is 0 Å². The maximum Gasteiger partial charge on any atom is 0.253 e. The Kier molecular flexibility index (Phi) is 4.32. The van der Waals surface area contributed by atoms with E-state index in [4.69, 9.17) is 9.47 Å². The van der Waals surface area contributed by atoms with Gasteiger partial charge in [-0.3, -0.25) is 4.79 Å². The Morgan fingerprint density at radius 1 is 0.964 bits per heavy atom. The van der Waals surface area contributed by atoms with Crippen molar-refractivity contribution < 1.29 is 19.4 Å². The van der Waals surface area contributed by atoms with E-state index >= 15 is 0 Å². The first kappa shape index (κ1) is 18.1. The highest BCUT2D eigenvalue weighted by Gasteiger charge is 2.42. The van der Waals surface area contributed by atoms with Gasteiger partial charge in [0.25, 0.3) is 5.91 Å². The van der Waals surface area contributed by atoms with Crippen LogP contribution < -0.4 is 9.47 Å². The molecule has 1 heterocycles. The molecule has 3 aromatic carbocycles. The Hall–Kier alpha value is -3.31. The van der Waals surface area contributed by atoms with E-state index in [1.807, 2.05) is 48.5 Å². The summed E-state index contributed by atoms with van der Waals surface area (Å²) in [5.74, 6) is 1.53. The van der Waals surface area contributed by atoms with Gasteiger partial charge in [0.15, 0.2) is 0 Å². The monoisotopic (exact) mass is 375 g/mol. The van der Waals surface area contributed by atoms with Gasteiger partial charge in [0, 0.05) is 30.8 Å². The minimum atomic E-state index is -1.43. The molecule has 142 valence electrons. The van der Waals surface area contributed by atoms with Crippen LogP contribution in [0.1, 0.15) is 27.0 Å². The fraction of sp³-hybridized carbons (Fsp3) is 0.174. The largest absolute Gasteiger partial charge is 0.497 e. The summed E-state index contributed by atoms with van der Waals surface area (Å²) in [6.45, 7) is 0. The highest BCUT2D eigenvalue weighted by atomic mass is 16.5. The van der Waals surface area contributed by atoms with Gasteiger partial charge >= 0.3 is 0 Å². The van der Waals surface area contributed by atoms with Crippen molar-refractivity contribution in [3.63, 3.8) is 0 Å². The Morgan fingerprint density at radius 3 is 2.46 bits per heavy atom. The number of aliphatic hydroxyl groups is 1. The second-order valence-electron chi connectivity index (χ2n) is 6.95. The number of hydrogen-bond acceptors (Lipinski definition) is 4. The zero-order chi connectivity index (χ0) is 19.9. The summed E-state index contributed by atoms with van der Waals surface area (Å²) in [4.78, 5) is 13.9. The zero-order valence-corrected chi connectivity index (χ0v) is 16.0. The summed E-state index contributed by atoms with van der Waals surface area (Å²) in [5.41, 5.74) is 0.946. The van der Waals surface area contributed by atoms with Crippen LogP contribution >= 0.6 is 0 Å². The SMILES string of the molecule is COc1cccc(C2(O)c3ccccc3Oc3cc(C(=O)N(C)C)ccc32)c1. The Bertz CT molecular complexity index is 1060. The predicted molar refractivity (Wildman–Crippen MR) is 106 cm³/mol. The average Bonchev–Trinajstić information content (AvgIpc) is 2.73. The highest BCUT2D eigenvalue weighted by Crippen LogP contribution is 2.50. The van der Waals surface area contributed by atoms with Crippen molar-refractivity contribution in [3.8, 4) is 17.2 Å². The molecule has 1 amide bonds. The normalized spacial score (nSPS) is 17.1. The topological polar surface area (TPSA) is 59.0 Å². The summed E-state index contributed by atoms with van der Waals surface area (Å²) < 4.78 is 11.4. The van der Waals surface area contributed by atoms with Crippen LogP contribution in [0.2, 0.25) is 0 Å². The number of fused-ring (bicyclic) bond motifs is 2. The molecule has 5 heteroatoms. The van der Waals surface area contributed by atoms with E-state index in [-0.39, 0.29) is 5.91 Å². The molecule has 0 fully saturated rings. The molecule has 1 aliphatic rings. The van der Waals surface area contributed by atoms with E-state index < -0.39 is 5.60 Å². The van der Waals surface area contributed by atoms with Crippen LogP contribution in [-0.4, -0.2) is 37.1 Å². The number of amides is 1. The standard InChI is InChI=1S/C23H21NO4/c1-24(2)22(25)15-11-12-19-21(13-15)28-20-10-5-4-9-18(20)23(19,26)16-7-6-8-17(14-16)27-3/h4-14,26H,1-3H3. The van der Waals surface area contributed by atoms with Gasteiger partial charge in [0.2, 0.25) is 0 Å². The summed E-state index contributed by atoms with van der Waals surface area (Å²) in [6, 6.07) is 19.8. The fourth-order valence-electron chi connectivity index (χ4n) is 3.57. The van der Waals surface area contributed by atoms with Crippen LogP contribution in [0.3, 0.4) is 0 Å². The van der Waals surface area contributed by atoms with Crippen molar-refractivity contribution >= 4 is 5.91 Å². The number of carbonyl (C=O) groups excluding carboxylic acids is 1. The Morgan fingerprint density at radius 2 is 1.71 bits per heavy atom. The van der Waals surface area contributed by atoms with Crippen LogP contribution in [0.5, 0.6) is 17.2 Å². The van der Waals surface area contributed by atoms with Crippen LogP contribution in [0.25, 0.3) is 0 Å². The summed E-state index contributed by atoms with van der Waals surface area (Å²) in [5, 5.41) is 12.0. The number of methoxy groups -OCH3 is 1. The van der Waals surface area contributed by atoms with Crippen LogP contribution in [0, 0.1) is 0 Å². The van der Waals surface area contributed by atoms with E-state index in [1.165, 1.54) is 4.90 Å². The molecule has 0 aromatic heterocycles. The first-order valence-corrected chi connectivity index (χ1v) is 8.95. The number of ether oxygens (including phenoxy) is 2. The third kappa shape index (κ3) is 2.72. The molecule has 0 radical (unpaired) electrons. The van der Waals surface area contributed by atoms with E-state index in [1.54, 1.807) is 39.4 Å². The van der Waals surface area contributed by atoms with Gasteiger partial charge in [-0.25, -0.2) is 0 Å². The lowest BCUT2D eigenvalue weighted by Gasteiger charge is -2.36. The maximum absolute atomic E-state index is 12.4. The minimum Gasteiger partial charge on any atom is -0.497 e. The molecular weight excluding hydrogens is 354 g/mol. The van der Waals surface area contributed by atoms with Gasteiger partial charge in [-0.15, -0.1) is 0 Å². The smallest absolute Gasteiger partial charge is 0.253 e. The molecule has 3 aromatic rings. The molecule has 0 bridgehead atoms.